The van der Waals surface area contributed by atoms with Gasteiger partial charge >= 0.3 is 53.4 Å². The molecule has 0 aromatic carbocycles. The molecule has 0 saturated heterocycles. The standard InChI is InChI=1S/C8H11NO8.4C2H4O2.Na.H/c10-4(11)2-1-3(6(12)13)9-5(7(14)15)8(16)17;4*1-2(3)4;;/h3,5,9H,1-2H2,(H,10,11)(H,12,13)(H,14,15)(H,16,17);4*1H3,(H,3,4);;. The number of aliphatic carboxylic acids is 8. The average Bonchev–Trinajstić information content (AvgIpc) is 2.51. The molecule has 34 heavy (non-hydrogen) atoms. The molecule has 0 saturated carbocycles. The third-order valence-electron chi connectivity index (χ3n) is 1.81. The maximum absolute atomic E-state index is 10.7. The monoisotopic (exact) mass is 513 g/mol. The van der Waals surface area contributed by atoms with Crippen LogP contribution < -0.4 is 5.32 Å². The fourth-order valence-corrected chi connectivity index (χ4v) is 0.995. The van der Waals surface area contributed by atoms with Crippen LogP contribution in [0.15, 0.2) is 0 Å². The van der Waals surface area contributed by atoms with Gasteiger partial charge in [-0.1, -0.05) is 0 Å². The van der Waals surface area contributed by atoms with Crippen molar-refractivity contribution < 1.29 is 79.2 Å². The van der Waals surface area contributed by atoms with E-state index in [0.29, 0.717) is 0 Å². The van der Waals surface area contributed by atoms with Gasteiger partial charge in [0, 0.05) is 34.1 Å². The summed E-state index contributed by atoms with van der Waals surface area (Å²) in [5.74, 6) is -9.61. The van der Waals surface area contributed by atoms with E-state index in [4.69, 9.17) is 60.0 Å². The van der Waals surface area contributed by atoms with Crippen LogP contribution >= 0.6 is 0 Å². The molecule has 0 aliphatic carbocycles. The van der Waals surface area contributed by atoms with Crippen LogP contribution in [0.3, 0.4) is 0 Å². The van der Waals surface area contributed by atoms with E-state index in [2.05, 4.69) is 0 Å². The Labute approximate surface area is 214 Å². The van der Waals surface area contributed by atoms with Gasteiger partial charge in [0.1, 0.15) is 6.04 Å². The molecular formula is C16H28NNaO16. The van der Waals surface area contributed by atoms with Gasteiger partial charge in [-0.3, -0.25) is 34.1 Å². The Morgan fingerprint density at radius 3 is 0.941 bits per heavy atom. The molecule has 0 aliphatic rings. The Bertz CT molecular complexity index is 600. The number of carboxylic acid groups (broad SMARTS) is 8. The zero-order valence-electron chi connectivity index (χ0n) is 17.9. The number of hydrogen-bond donors (Lipinski definition) is 9. The first kappa shape index (κ1) is 44.4. The first-order valence-electron chi connectivity index (χ1n) is 8.13. The van der Waals surface area contributed by atoms with Crippen molar-refractivity contribution in [3.63, 3.8) is 0 Å². The van der Waals surface area contributed by atoms with Gasteiger partial charge in [0.05, 0.1) is 0 Å². The van der Waals surface area contributed by atoms with E-state index in [1.54, 1.807) is 0 Å². The summed E-state index contributed by atoms with van der Waals surface area (Å²) >= 11 is 0. The van der Waals surface area contributed by atoms with Crippen LogP contribution in [-0.2, 0) is 38.4 Å². The van der Waals surface area contributed by atoms with Crippen LogP contribution in [0.1, 0.15) is 40.5 Å². The molecule has 0 radical (unpaired) electrons. The number of hydrogen-bond acceptors (Lipinski definition) is 9. The van der Waals surface area contributed by atoms with E-state index < -0.39 is 72.7 Å². The average molecular weight is 513 g/mol. The molecule has 18 heteroatoms. The predicted molar refractivity (Wildman–Crippen MR) is 111 cm³/mol. The van der Waals surface area contributed by atoms with Crippen molar-refractivity contribution in [2.45, 2.75) is 52.6 Å². The zero-order chi connectivity index (χ0) is 27.9. The van der Waals surface area contributed by atoms with Crippen molar-refractivity contribution >= 4 is 77.3 Å². The van der Waals surface area contributed by atoms with Gasteiger partial charge in [-0.2, -0.15) is 0 Å². The second-order valence-corrected chi connectivity index (χ2v) is 5.18. The topological polar surface area (TPSA) is 310 Å². The Kier molecular flexibility index (Phi) is 36.2. The molecule has 0 fully saturated rings. The summed E-state index contributed by atoms with van der Waals surface area (Å²) < 4.78 is 0. The van der Waals surface area contributed by atoms with E-state index in [0.717, 1.165) is 27.7 Å². The van der Waals surface area contributed by atoms with Crippen molar-refractivity contribution in [1.29, 1.82) is 0 Å². The van der Waals surface area contributed by atoms with Gasteiger partial charge in [-0.15, -0.1) is 0 Å². The van der Waals surface area contributed by atoms with Gasteiger partial charge in [-0.25, -0.2) is 9.59 Å². The fraction of sp³-hybridized carbons (Fsp3) is 0.500. The van der Waals surface area contributed by atoms with Crippen LogP contribution in [0, 0.1) is 0 Å². The van der Waals surface area contributed by atoms with Gasteiger partial charge in [0.25, 0.3) is 23.9 Å². The van der Waals surface area contributed by atoms with Crippen molar-refractivity contribution in [1.82, 2.24) is 5.32 Å². The van der Waals surface area contributed by atoms with Crippen LogP contribution in [0.2, 0.25) is 0 Å². The normalized spacial score (nSPS) is 8.97. The Balaban J connectivity index is -0.0000000939. The van der Waals surface area contributed by atoms with Crippen LogP contribution in [0.5, 0.6) is 0 Å². The van der Waals surface area contributed by atoms with Gasteiger partial charge < -0.3 is 40.9 Å². The summed E-state index contributed by atoms with van der Waals surface area (Å²) in [5.41, 5.74) is 0. The molecule has 0 heterocycles. The fourth-order valence-electron chi connectivity index (χ4n) is 0.995. The molecule has 1 atom stereocenters. The second-order valence-electron chi connectivity index (χ2n) is 5.18. The molecule has 17 nitrogen and oxygen atoms in total. The first-order chi connectivity index (χ1) is 14.7. The number of nitrogens with one attached hydrogen (secondary N) is 1. The molecule has 0 aromatic rings. The molecule has 9 N–H and O–H groups in total. The number of carbonyl (C=O) groups is 8. The summed E-state index contributed by atoms with van der Waals surface area (Å²) in [5, 5.41) is 65.5. The number of carboxylic acids is 8. The molecule has 1 unspecified atom stereocenters. The zero-order valence-corrected chi connectivity index (χ0v) is 17.9. The maximum atomic E-state index is 10.7. The SMILES string of the molecule is CC(=O)O.CC(=O)O.CC(=O)O.CC(=O)O.O=C(O)CCC(NC(C(=O)O)C(=O)O)C(=O)O.[NaH]. The number of rotatable bonds is 8. The molecule has 0 aromatic heterocycles. The predicted octanol–water partition coefficient (Wildman–Crippen LogP) is -1.85. The van der Waals surface area contributed by atoms with Crippen LogP contribution in [-0.4, -0.2) is 130 Å². The first-order valence-corrected chi connectivity index (χ1v) is 8.13. The van der Waals surface area contributed by atoms with Crippen molar-refractivity contribution in [2.24, 2.45) is 0 Å². The van der Waals surface area contributed by atoms with Gasteiger partial charge in [0.2, 0.25) is 6.04 Å². The summed E-state index contributed by atoms with van der Waals surface area (Å²) in [7, 11) is 0. The van der Waals surface area contributed by atoms with Crippen molar-refractivity contribution in [2.75, 3.05) is 0 Å². The molecule has 0 rings (SSSR count). The minimum atomic E-state index is -2.09. The molecule has 0 bridgehead atoms. The third kappa shape index (κ3) is 70.3. The minimum absolute atomic E-state index is 0. The van der Waals surface area contributed by atoms with Crippen molar-refractivity contribution in [3.05, 3.63) is 0 Å². The quantitative estimate of drug-likeness (QED) is 0.127. The molecular weight excluding hydrogens is 485 g/mol. The Morgan fingerprint density at radius 2 is 0.794 bits per heavy atom. The molecule has 0 spiro atoms. The van der Waals surface area contributed by atoms with E-state index in [1.807, 2.05) is 5.32 Å². The third-order valence-corrected chi connectivity index (χ3v) is 1.81. The van der Waals surface area contributed by atoms with Gasteiger partial charge in [0.15, 0.2) is 0 Å². The Hall–Kier alpha value is -3.28. The van der Waals surface area contributed by atoms with E-state index in [1.165, 1.54) is 0 Å². The second kappa shape index (κ2) is 27.8. The summed E-state index contributed by atoms with van der Waals surface area (Å²) in [6, 6.07) is -3.65. The Morgan fingerprint density at radius 1 is 0.559 bits per heavy atom. The summed E-state index contributed by atoms with van der Waals surface area (Å²) in [6.45, 7) is 4.33. The van der Waals surface area contributed by atoms with Crippen LogP contribution in [0.25, 0.3) is 0 Å². The van der Waals surface area contributed by atoms with E-state index in [9.17, 15) is 19.2 Å². The van der Waals surface area contributed by atoms with Gasteiger partial charge in [-0.05, 0) is 6.42 Å². The van der Waals surface area contributed by atoms with E-state index in [-0.39, 0.29) is 29.6 Å². The molecule has 0 aliphatic heterocycles. The molecule has 0 amide bonds. The summed E-state index contributed by atoms with van der Waals surface area (Å²) in [6.07, 6.45) is -0.933. The molecule has 194 valence electrons. The summed E-state index contributed by atoms with van der Waals surface area (Å²) in [4.78, 5) is 77.8. The van der Waals surface area contributed by atoms with Crippen LogP contribution in [0.4, 0.5) is 0 Å². The van der Waals surface area contributed by atoms with Crippen molar-refractivity contribution in [3.8, 4) is 0 Å². The van der Waals surface area contributed by atoms with E-state index >= 15 is 0 Å².